The predicted molar refractivity (Wildman–Crippen MR) is 69.2 cm³/mol. The first-order chi connectivity index (χ1) is 10.7. The molecule has 2 rings (SSSR count). The maximum atomic E-state index is 13.8. The smallest absolute Gasteiger partial charge is 0.434 e. The van der Waals surface area contributed by atoms with Gasteiger partial charge in [0.15, 0.2) is 23.0 Å². The molecule has 2 heterocycles. The number of carbonyl (C=O) groups is 1. The zero-order chi connectivity index (χ0) is 17.2. The Labute approximate surface area is 127 Å². The number of anilines is 1. The minimum absolute atomic E-state index is 0.176. The third-order valence-electron chi connectivity index (χ3n) is 2.84. The van der Waals surface area contributed by atoms with Crippen molar-refractivity contribution >= 4 is 22.8 Å². The first-order valence-electron chi connectivity index (χ1n) is 6.26. The van der Waals surface area contributed by atoms with E-state index >= 15 is 0 Å². The van der Waals surface area contributed by atoms with Gasteiger partial charge >= 0.3 is 6.18 Å². The molecule has 0 atom stereocenters. The van der Waals surface area contributed by atoms with Gasteiger partial charge in [0.1, 0.15) is 0 Å². The maximum Gasteiger partial charge on any atom is 0.434 e. The van der Waals surface area contributed by atoms with Crippen LogP contribution in [0.3, 0.4) is 0 Å². The minimum Gasteiger partial charge on any atom is -0.545 e. The molecule has 0 aliphatic heterocycles. The van der Waals surface area contributed by atoms with Crippen LogP contribution in [-0.2, 0) is 10.9 Å². The molecule has 0 saturated carbocycles. The number of carboxylic acids is 1. The van der Waals surface area contributed by atoms with E-state index in [-0.39, 0.29) is 24.4 Å². The van der Waals surface area contributed by atoms with Crippen LogP contribution in [0.1, 0.15) is 16.1 Å². The number of nitrogens with zero attached hydrogens (tertiary/aromatic N) is 2. The molecule has 0 aliphatic carbocycles. The van der Waals surface area contributed by atoms with Gasteiger partial charge in [-0.05, 0) is 12.1 Å². The highest BCUT2D eigenvalue weighted by Crippen LogP contribution is 2.32. The Morgan fingerprint density at radius 3 is 2.61 bits per heavy atom. The second-order valence-electron chi connectivity index (χ2n) is 4.45. The number of aromatic carboxylic acids is 1. The molecule has 124 valence electrons. The van der Waals surface area contributed by atoms with Gasteiger partial charge in [-0.15, -0.1) is 0 Å². The van der Waals surface area contributed by atoms with Crippen molar-refractivity contribution in [2.24, 2.45) is 0 Å². The first-order valence-corrected chi connectivity index (χ1v) is 6.26. The van der Waals surface area contributed by atoms with Gasteiger partial charge in [-0.2, -0.15) is 13.2 Å². The number of rotatable bonds is 5. The monoisotopic (exact) mass is 332 g/mol. The summed E-state index contributed by atoms with van der Waals surface area (Å²) >= 11 is 0. The summed E-state index contributed by atoms with van der Waals surface area (Å²) in [6, 6.07) is 1.48. The Morgan fingerprint density at radius 2 is 2.04 bits per heavy atom. The number of methoxy groups -OCH3 is 1. The number of hydrogen-bond acceptors (Lipinski definition) is 6. The van der Waals surface area contributed by atoms with E-state index in [1.54, 1.807) is 0 Å². The van der Waals surface area contributed by atoms with E-state index in [2.05, 4.69) is 15.3 Å². The van der Waals surface area contributed by atoms with E-state index < -0.39 is 34.9 Å². The van der Waals surface area contributed by atoms with Crippen LogP contribution >= 0.6 is 0 Å². The van der Waals surface area contributed by atoms with Crippen LogP contribution in [-0.4, -0.2) is 36.2 Å². The second kappa shape index (κ2) is 6.32. The van der Waals surface area contributed by atoms with E-state index in [9.17, 15) is 27.5 Å². The number of ether oxygens (including phenoxy) is 1. The normalized spacial score (nSPS) is 11.7. The Hall–Kier alpha value is -2.49. The van der Waals surface area contributed by atoms with Gasteiger partial charge < -0.3 is 20.0 Å². The Morgan fingerprint density at radius 1 is 1.35 bits per heavy atom. The summed E-state index contributed by atoms with van der Waals surface area (Å²) in [6.45, 7) is 0.402. The standard InChI is InChI=1S/C13H11F4N3O3/c1-23-3-2-18-11-8(14)5-6-4-7(12(21)22)9(13(15,16)17)19-10(6)20-11/h4-5H,2-3H2,1H3,(H,21,22)(H,18,19,20)/p-1. The molecule has 10 heteroatoms. The van der Waals surface area contributed by atoms with Crippen molar-refractivity contribution in [1.82, 2.24) is 9.97 Å². The zero-order valence-corrected chi connectivity index (χ0v) is 11.7. The number of hydrogen-bond donors (Lipinski definition) is 1. The molecule has 0 saturated heterocycles. The summed E-state index contributed by atoms with van der Waals surface area (Å²) in [6.07, 6.45) is -5.01. The van der Waals surface area contributed by atoms with Crippen LogP contribution < -0.4 is 10.4 Å². The minimum atomic E-state index is -5.01. The fraction of sp³-hybridized carbons (Fsp3) is 0.308. The summed E-state index contributed by atoms with van der Waals surface area (Å²) in [4.78, 5) is 17.7. The third-order valence-corrected chi connectivity index (χ3v) is 2.84. The molecule has 0 aromatic carbocycles. The van der Waals surface area contributed by atoms with Crippen LogP contribution in [0.25, 0.3) is 11.0 Å². The van der Waals surface area contributed by atoms with E-state index in [0.717, 1.165) is 6.07 Å². The molecule has 0 fully saturated rings. The summed E-state index contributed by atoms with van der Waals surface area (Å²) < 4.78 is 57.2. The number of fused-ring (bicyclic) bond motifs is 1. The van der Waals surface area contributed by atoms with Crippen LogP contribution in [0.4, 0.5) is 23.4 Å². The fourth-order valence-electron chi connectivity index (χ4n) is 1.85. The number of carbonyl (C=O) groups excluding carboxylic acids is 1. The van der Waals surface area contributed by atoms with Gasteiger partial charge in [-0.1, -0.05) is 0 Å². The lowest BCUT2D eigenvalue weighted by molar-refractivity contribution is -0.255. The SMILES string of the molecule is COCCNc1nc2nc(C(F)(F)F)c(C(=O)[O-])cc2cc1F. The molecule has 2 aromatic heterocycles. The highest BCUT2D eigenvalue weighted by molar-refractivity contribution is 5.92. The lowest BCUT2D eigenvalue weighted by Crippen LogP contribution is -2.27. The second-order valence-corrected chi connectivity index (χ2v) is 4.45. The number of halogens is 4. The largest absolute Gasteiger partial charge is 0.545 e. The molecule has 6 nitrogen and oxygen atoms in total. The van der Waals surface area contributed by atoms with Crippen LogP contribution in [0.15, 0.2) is 12.1 Å². The molecule has 0 aliphatic rings. The van der Waals surface area contributed by atoms with Crippen molar-refractivity contribution in [3.8, 4) is 0 Å². The van der Waals surface area contributed by atoms with Crippen LogP contribution in [0, 0.1) is 5.82 Å². The summed E-state index contributed by atoms with van der Waals surface area (Å²) in [7, 11) is 1.42. The van der Waals surface area contributed by atoms with Crippen LogP contribution in [0.5, 0.6) is 0 Å². The Bertz CT molecular complexity index is 749. The van der Waals surface area contributed by atoms with Gasteiger partial charge in [-0.25, -0.2) is 14.4 Å². The lowest BCUT2D eigenvalue weighted by atomic mass is 10.1. The summed E-state index contributed by atoms with van der Waals surface area (Å²) in [5, 5.41) is 13.2. The molecule has 0 unspecified atom stereocenters. The van der Waals surface area contributed by atoms with E-state index in [4.69, 9.17) is 4.74 Å². The molecule has 0 bridgehead atoms. The molecular formula is C13H10F4N3O3-. The van der Waals surface area contributed by atoms with E-state index in [1.165, 1.54) is 7.11 Å². The van der Waals surface area contributed by atoms with Gasteiger partial charge in [-0.3, -0.25) is 0 Å². The number of carboxylic acid groups (broad SMARTS) is 1. The molecule has 0 radical (unpaired) electrons. The predicted octanol–water partition coefficient (Wildman–Crippen LogP) is 1.21. The van der Waals surface area contributed by atoms with Crippen LogP contribution in [0.2, 0.25) is 0 Å². The quantitative estimate of drug-likeness (QED) is 0.654. The van der Waals surface area contributed by atoms with E-state index in [0.29, 0.717) is 6.07 Å². The molecule has 0 amide bonds. The highest BCUT2D eigenvalue weighted by atomic mass is 19.4. The third kappa shape index (κ3) is 3.65. The lowest BCUT2D eigenvalue weighted by Gasteiger charge is -2.14. The topological polar surface area (TPSA) is 87.2 Å². The zero-order valence-electron chi connectivity index (χ0n) is 11.7. The van der Waals surface area contributed by atoms with Crippen molar-refractivity contribution < 1.29 is 32.2 Å². The van der Waals surface area contributed by atoms with Gasteiger partial charge in [0.2, 0.25) is 0 Å². The van der Waals surface area contributed by atoms with Crippen molar-refractivity contribution in [1.29, 1.82) is 0 Å². The average molecular weight is 332 g/mol. The summed E-state index contributed by atoms with van der Waals surface area (Å²) in [5.74, 6) is -3.23. The highest BCUT2D eigenvalue weighted by Gasteiger charge is 2.36. The number of pyridine rings is 2. The van der Waals surface area contributed by atoms with Crippen molar-refractivity contribution in [2.75, 3.05) is 25.6 Å². The number of nitrogens with one attached hydrogen (secondary N) is 1. The Balaban J connectivity index is 2.57. The number of aromatic nitrogens is 2. The van der Waals surface area contributed by atoms with Crippen molar-refractivity contribution in [2.45, 2.75) is 6.18 Å². The number of alkyl halides is 3. The average Bonchev–Trinajstić information content (AvgIpc) is 2.45. The first kappa shape index (κ1) is 16.9. The fourth-order valence-corrected chi connectivity index (χ4v) is 1.85. The van der Waals surface area contributed by atoms with Gasteiger partial charge in [0, 0.05) is 24.6 Å². The van der Waals surface area contributed by atoms with Crippen molar-refractivity contribution in [3.63, 3.8) is 0 Å². The Kier molecular flexibility index (Phi) is 4.64. The summed E-state index contributed by atoms with van der Waals surface area (Å²) in [5.41, 5.74) is -3.26. The molecule has 0 spiro atoms. The molecule has 23 heavy (non-hydrogen) atoms. The van der Waals surface area contributed by atoms with Gasteiger partial charge in [0.25, 0.3) is 0 Å². The van der Waals surface area contributed by atoms with E-state index in [1.807, 2.05) is 0 Å². The van der Waals surface area contributed by atoms with Crippen molar-refractivity contribution in [3.05, 3.63) is 29.2 Å². The van der Waals surface area contributed by atoms with Gasteiger partial charge in [0.05, 0.1) is 12.6 Å². The molecule has 2 aromatic rings. The molecular weight excluding hydrogens is 322 g/mol. The molecule has 1 N–H and O–H groups in total. The maximum absolute atomic E-state index is 13.8.